The summed E-state index contributed by atoms with van der Waals surface area (Å²) in [6.07, 6.45) is 0.250. The number of carboxylic acid groups (broad SMARTS) is 2. The summed E-state index contributed by atoms with van der Waals surface area (Å²) in [6, 6.07) is -1.62. The quantitative estimate of drug-likeness (QED) is 0.0272. The average molecular weight is 1110 g/mol. The smallest absolute Gasteiger partial charge is 0.305 e. The maximum absolute atomic E-state index is 13.8. The number of primary amides is 1. The summed E-state index contributed by atoms with van der Waals surface area (Å²) in [5, 5.41) is 40.7. The molecule has 0 saturated carbocycles. The summed E-state index contributed by atoms with van der Waals surface area (Å²) < 4.78 is 0. The minimum absolute atomic E-state index is 0.0942. The monoisotopic (exact) mass is 1110 g/mol. The van der Waals surface area contributed by atoms with Crippen molar-refractivity contribution in [3.05, 3.63) is 35.9 Å². The van der Waals surface area contributed by atoms with Crippen LogP contribution < -0.4 is 76.5 Å². The summed E-state index contributed by atoms with van der Waals surface area (Å²) in [4.78, 5) is 155. The molecule has 21 N–H and O–H groups in total. The first-order valence-corrected chi connectivity index (χ1v) is 26.8. The number of nitrogens with one attached hydrogen (secondary N) is 9. The van der Waals surface area contributed by atoms with Crippen molar-refractivity contribution in [1.82, 2.24) is 47.9 Å². The molecule has 0 bridgehead atoms. The standard InChI is InChI=1S/C46H76N14O14S2/c1-26(2)39(60-45(73)31(20-38(66)67)55-36(63)22-52-41(69)32(56-34(61)21-50)24-75-16-8-14-48)46(74)59-33(25-76-17-9-15-49)42(70)53-23-35(62)54-30(19-37(64)65)44(72)58-29(18-27-10-4-3-5-11-27)43(71)57-28(40(51)68)12-6-7-13-47/h3-5,10-11,26,28-33,39H,6-9,12-25,47-50H2,1-2H3,(H2,51,68)(H,52,69)(H,53,70)(H,54,62)(H,55,63)(H,56,61)(H,57,71)(H,58,72)(H,59,74)(H,60,73)(H,64,65)(H,66,67)/t28-,29-,30-,31-,32-,33-,39-/m0/s1. The molecule has 0 aliphatic heterocycles. The molecule has 76 heavy (non-hydrogen) atoms. The van der Waals surface area contributed by atoms with Gasteiger partial charge in [0.25, 0.3) is 0 Å². The Hall–Kier alpha value is -6.60. The molecular weight excluding hydrogens is 1040 g/mol. The zero-order valence-corrected chi connectivity index (χ0v) is 44.4. The number of unbranched alkanes of at least 4 members (excludes halogenated alkanes) is 1. The van der Waals surface area contributed by atoms with Crippen molar-refractivity contribution in [1.29, 1.82) is 0 Å². The van der Waals surface area contributed by atoms with Gasteiger partial charge in [-0.2, -0.15) is 23.5 Å². The number of hydrogen-bond acceptors (Lipinski definition) is 18. The normalized spacial score (nSPS) is 13.7. The number of nitrogens with two attached hydrogens (primary N) is 5. The molecule has 30 heteroatoms. The van der Waals surface area contributed by atoms with Crippen LogP contribution in [0.15, 0.2) is 30.3 Å². The summed E-state index contributed by atoms with van der Waals surface area (Å²) in [7, 11) is 0. The van der Waals surface area contributed by atoms with E-state index in [1.807, 2.05) is 0 Å². The molecular formula is C46H76N14O14S2. The number of carboxylic acids is 2. The second-order valence-electron chi connectivity index (χ2n) is 17.4. The molecule has 10 amide bonds. The first kappa shape index (κ1) is 67.4. The van der Waals surface area contributed by atoms with E-state index in [1.54, 1.807) is 30.3 Å². The minimum Gasteiger partial charge on any atom is -0.481 e. The van der Waals surface area contributed by atoms with Crippen LogP contribution in [0.3, 0.4) is 0 Å². The minimum atomic E-state index is -1.79. The highest BCUT2D eigenvalue weighted by molar-refractivity contribution is 7.99. The number of amides is 10. The highest BCUT2D eigenvalue weighted by atomic mass is 32.2. The molecule has 0 radical (unpaired) electrons. The number of carbonyl (C=O) groups excluding carboxylic acids is 10. The number of aliphatic carboxylic acids is 2. The lowest BCUT2D eigenvalue weighted by atomic mass is 10.0. The van der Waals surface area contributed by atoms with Crippen LogP contribution in [0.5, 0.6) is 0 Å². The fourth-order valence-electron chi connectivity index (χ4n) is 6.66. The fourth-order valence-corrected chi connectivity index (χ4v) is 8.68. The largest absolute Gasteiger partial charge is 0.481 e. The van der Waals surface area contributed by atoms with Gasteiger partial charge in [-0.05, 0) is 74.7 Å². The predicted octanol–water partition coefficient (Wildman–Crippen LogP) is -5.80. The van der Waals surface area contributed by atoms with E-state index in [4.69, 9.17) is 28.7 Å². The zero-order valence-electron chi connectivity index (χ0n) is 42.7. The number of benzene rings is 1. The predicted molar refractivity (Wildman–Crippen MR) is 282 cm³/mol. The van der Waals surface area contributed by atoms with Crippen LogP contribution in [-0.2, 0) is 64.0 Å². The maximum atomic E-state index is 13.8. The van der Waals surface area contributed by atoms with E-state index in [9.17, 15) is 67.7 Å². The van der Waals surface area contributed by atoms with Crippen LogP contribution in [-0.4, -0.2) is 186 Å². The van der Waals surface area contributed by atoms with Crippen molar-refractivity contribution in [2.24, 2.45) is 34.6 Å². The second-order valence-corrected chi connectivity index (χ2v) is 19.7. The molecule has 426 valence electrons. The van der Waals surface area contributed by atoms with Crippen molar-refractivity contribution < 1.29 is 67.7 Å². The van der Waals surface area contributed by atoms with Gasteiger partial charge in [-0.3, -0.25) is 57.5 Å². The number of thioether (sulfide) groups is 2. The van der Waals surface area contributed by atoms with Crippen LogP contribution >= 0.6 is 23.5 Å². The van der Waals surface area contributed by atoms with Gasteiger partial charge in [0.2, 0.25) is 59.1 Å². The fraction of sp³-hybridized carbons (Fsp3) is 0.609. The molecule has 0 aliphatic carbocycles. The van der Waals surface area contributed by atoms with Gasteiger partial charge in [-0.15, -0.1) is 0 Å². The van der Waals surface area contributed by atoms with Crippen LogP contribution in [0.25, 0.3) is 0 Å². The van der Waals surface area contributed by atoms with Crippen LogP contribution in [0.1, 0.15) is 64.4 Å². The van der Waals surface area contributed by atoms with E-state index in [-0.39, 0.29) is 24.3 Å². The van der Waals surface area contributed by atoms with Crippen molar-refractivity contribution in [2.75, 3.05) is 62.3 Å². The van der Waals surface area contributed by atoms with Crippen molar-refractivity contribution in [3.8, 4) is 0 Å². The molecule has 0 aromatic heterocycles. The summed E-state index contributed by atoms with van der Waals surface area (Å²) in [6.45, 7) is 2.07. The molecule has 0 saturated heterocycles. The van der Waals surface area contributed by atoms with E-state index in [0.717, 1.165) is 0 Å². The van der Waals surface area contributed by atoms with E-state index in [2.05, 4.69) is 47.9 Å². The molecule has 0 aliphatic rings. The first-order chi connectivity index (χ1) is 36.1. The van der Waals surface area contributed by atoms with Gasteiger partial charge < -0.3 is 86.7 Å². The Morgan fingerprint density at radius 2 is 0.934 bits per heavy atom. The van der Waals surface area contributed by atoms with Gasteiger partial charge in [-0.25, -0.2) is 0 Å². The third kappa shape index (κ3) is 28.3. The van der Waals surface area contributed by atoms with Crippen molar-refractivity contribution in [3.63, 3.8) is 0 Å². The zero-order chi connectivity index (χ0) is 57.2. The average Bonchev–Trinajstić information content (AvgIpc) is 3.36. The molecule has 0 unspecified atom stereocenters. The highest BCUT2D eigenvalue weighted by Gasteiger charge is 2.34. The van der Waals surface area contributed by atoms with E-state index >= 15 is 0 Å². The van der Waals surface area contributed by atoms with E-state index < -0.39 is 152 Å². The van der Waals surface area contributed by atoms with Gasteiger partial charge in [0.05, 0.1) is 32.5 Å². The van der Waals surface area contributed by atoms with E-state index in [1.165, 1.54) is 37.4 Å². The lowest BCUT2D eigenvalue weighted by molar-refractivity contribution is -0.141. The number of carbonyl (C=O) groups is 12. The molecule has 0 fully saturated rings. The molecule has 28 nitrogen and oxygen atoms in total. The van der Waals surface area contributed by atoms with Crippen LogP contribution in [0, 0.1) is 5.92 Å². The Labute approximate surface area is 448 Å². The molecule has 1 aromatic carbocycles. The van der Waals surface area contributed by atoms with Gasteiger partial charge in [-0.1, -0.05) is 44.2 Å². The molecule has 0 spiro atoms. The first-order valence-electron chi connectivity index (χ1n) is 24.4. The lowest BCUT2D eigenvalue weighted by Gasteiger charge is -2.27. The number of hydrogen-bond donors (Lipinski definition) is 16. The molecule has 1 aromatic rings. The summed E-state index contributed by atoms with van der Waals surface area (Å²) in [5.41, 5.74) is 28.1. The third-order valence-electron chi connectivity index (χ3n) is 10.7. The second kappa shape index (κ2) is 38.0. The lowest BCUT2D eigenvalue weighted by Crippen LogP contribution is -2.60. The molecule has 7 atom stereocenters. The Balaban J connectivity index is 3.22. The van der Waals surface area contributed by atoms with Gasteiger partial charge in [0.15, 0.2) is 0 Å². The van der Waals surface area contributed by atoms with E-state index in [0.29, 0.717) is 62.4 Å². The Bertz CT molecular complexity index is 2090. The number of rotatable bonds is 40. The molecule has 0 heterocycles. The topological polar surface area (TPSA) is 484 Å². The Morgan fingerprint density at radius 1 is 0.500 bits per heavy atom. The van der Waals surface area contributed by atoms with Crippen molar-refractivity contribution >= 4 is 94.5 Å². The Morgan fingerprint density at radius 3 is 1.38 bits per heavy atom. The summed E-state index contributed by atoms with van der Waals surface area (Å²) in [5.74, 6) is -11.9. The van der Waals surface area contributed by atoms with Gasteiger partial charge in [0, 0.05) is 17.9 Å². The van der Waals surface area contributed by atoms with Crippen LogP contribution in [0.4, 0.5) is 0 Å². The highest BCUT2D eigenvalue weighted by Crippen LogP contribution is 2.11. The summed E-state index contributed by atoms with van der Waals surface area (Å²) >= 11 is 2.52. The SMILES string of the molecule is CC(C)[C@H](NC(=O)[C@H](CC(=O)O)NC(=O)CNC(=O)[C@H](CSCCCN)NC(=O)CN)C(=O)N[C@@H](CSCCCN)C(=O)NCC(=O)N[C@@H](CC(=O)O)C(=O)N[C@@H](Cc1ccccc1)C(=O)N[C@@H](CCCCN)C(N)=O. The van der Waals surface area contributed by atoms with Gasteiger partial charge >= 0.3 is 11.9 Å². The van der Waals surface area contributed by atoms with Crippen molar-refractivity contribution in [2.45, 2.75) is 108 Å². The third-order valence-corrected chi connectivity index (χ3v) is 13.0. The van der Waals surface area contributed by atoms with Gasteiger partial charge in [0.1, 0.15) is 42.3 Å². The maximum Gasteiger partial charge on any atom is 0.305 e. The molecule has 1 rings (SSSR count). The Kier molecular flexibility index (Phi) is 33.7. The van der Waals surface area contributed by atoms with Crippen LogP contribution in [0.2, 0.25) is 0 Å².